The van der Waals surface area contributed by atoms with Crippen LogP contribution in [0.25, 0.3) is 6.08 Å². The Bertz CT molecular complexity index is 313. The van der Waals surface area contributed by atoms with E-state index in [1.54, 1.807) is 29.2 Å². The van der Waals surface area contributed by atoms with Crippen LogP contribution >= 0.6 is 0 Å². The largest absolute Gasteiger partial charge is 0.331 e. The van der Waals surface area contributed by atoms with Crippen LogP contribution in [0.2, 0.25) is 0 Å². The summed E-state index contributed by atoms with van der Waals surface area (Å²) in [5.41, 5.74) is 0. The van der Waals surface area contributed by atoms with Crippen molar-refractivity contribution < 1.29 is 4.79 Å². The number of carbonyl (C=O) groups is 1. The predicted octanol–water partition coefficient (Wildman–Crippen LogP) is -0.0164. The van der Waals surface area contributed by atoms with Gasteiger partial charge in [0.2, 0.25) is 5.91 Å². The smallest absolute Gasteiger partial charge is 0.243 e. The molecule has 4 nitrogen and oxygen atoms in total. The number of carbonyl (C=O) groups excluding carboxylic acids is 1. The van der Waals surface area contributed by atoms with E-state index >= 15 is 0 Å². The van der Waals surface area contributed by atoms with Crippen LogP contribution in [0.3, 0.4) is 0 Å². The second kappa shape index (κ2) is 2.23. The summed E-state index contributed by atoms with van der Waals surface area (Å²) in [6.07, 6.45) is 6.84. The minimum atomic E-state index is -0.0157. The molecule has 1 N–H and O–H groups in total. The van der Waals surface area contributed by atoms with Crippen LogP contribution in [-0.4, -0.2) is 15.5 Å². The SMILES string of the molecule is O=C1Cn2ccnc2C=CN1. The van der Waals surface area contributed by atoms with Gasteiger partial charge in [-0.1, -0.05) is 0 Å². The van der Waals surface area contributed by atoms with E-state index in [0.717, 1.165) is 5.82 Å². The van der Waals surface area contributed by atoms with E-state index in [9.17, 15) is 4.79 Å². The highest BCUT2D eigenvalue weighted by Gasteiger charge is 2.06. The molecule has 56 valence electrons. The van der Waals surface area contributed by atoms with Crippen molar-refractivity contribution in [3.63, 3.8) is 0 Å². The van der Waals surface area contributed by atoms with Gasteiger partial charge in [-0.2, -0.15) is 0 Å². The average molecular weight is 149 g/mol. The van der Waals surface area contributed by atoms with Crippen molar-refractivity contribution in [2.24, 2.45) is 0 Å². The fourth-order valence-corrected chi connectivity index (χ4v) is 1.02. The number of hydrogen-bond acceptors (Lipinski definition) is 2. The standard InChI is InChI=1S/C7H7N3O/c11-7-5-10-4-3-8-6(10)1-2-9-7/h1-4H,5H2,(H,9,11). The number of hydrogen-bond donors (Lipinski definition) is 1. The minimum Gasteiger partial charge on any atom is -0.331 e. The molecule has 0 bridgehead atoms. The van der Waals surface area contributed by atoms with Crippen LogP contribution in [-0.2, 0) is 11.3 Å². The van der Waals surface area contributed by atoms with Gasteiger partial charge in [-0.15, -0.1) is 0 Å². The molecule has 2 heterocycles. The monoisotopic (exact) mass is 149 g/mol. The summed E-state index contributed by atoms with van der Waals surface area (Å²) < 4.78 is 1.79. The van der Waals surface area contributed by atoms with E-state index in [2.05, 4.69) is 10.3 Å². The van der Waals surface area contributed by atoms with Gasteiger partial charge in [0, 0.05) is 18.6 Å². The topological polar surface area (TPSA) is 46.9 Å². The van der Waals surface area contributed by atoms with Gasteiger partial charge in [-0.25, -0.2) is 4.98 Å². The summed E-state index contributed by atoms with van der Waals surface area (Å²) in [7, 11) is 0. The zero-order valence-corrected chi connectivity index (χ0v) is 5.82. The molecular formula is C7H7N3O. The first-order valence-corrected chi connectivity index (χ1v) is 3.33. The molecule has 1 aliphatic heterocycles. The Morgan fingerprint density at radius 2 is 2.55 bits per heavy atom. The molecule has 0 fully saturated rings. The Labute approximate surface area is 63.5 Å². The van der Waals surface area contributed by atoms with E-state index < -0.39 is 0 Å². The number of fused-ring (bicyclic) bond motifs is 1. The maximum Gasteiger partial charge on any atom is 0.243 e. The van der Waals surface area contributed by atoms with Crippen LogP contribution in [0.15, 0.2) is 18.6 Å². The molecule has 1 amide bonds. The predicted molar refractivity (Wildman–Crippen MR) is 39.4 cm³/mol. The van der Waals surface area contributed by atoms with Crippen LogP contribution in [0, 0.1) is 0 Å². The first-order chi connectivity index (χ1) is 5.36. The summed E-state index contributed by atoms with van der Waals surface area (Å²) >= 11 is 0. The quantitative estimate of drug-likeness (QED) is 0.563. The lowest BCUT2D eigenvalue weighted by Gasteiger charge is -1.98. The molecule has 1 aromatic heterocycles. The molecule has 2 rings (SSSR count). The zero-order valence-electron chi connectivity index (χ0n) is 5.82. The number of nitrogens with zero attached hydrogens (tertiary/aromatic N) is 2. The van der Waals surface area contributed by atoms with Gasteiger partial charge < -0.3 is 9.88 Å². The molecule has 4 heteroatoms. The molecule has 0 unspecified atom stereocenters. The Balaban J connectivity index is 2.44. The van der Waals surface area contributed by atoms with Crippen molar-refractivity contribution in [1.29, 1.82) is 0 Å². The van der Waals surface area contributed by atoms with Gasteiger partial charge in [0.05, 0.1) is 0 Å². The third kappa shape index (κ3) is 1.02. The van der Waals surface area contributed by atoms with Crippen molar-refractivity contribution in [3.05, 3.63) is 24.4 Å². The van der Waals surface area contributed by atoms with Crippen LogP contribution in [0.1, 0.15) is 5.82 Å². The van der Waals surface area contributed by atoms with Gasteiger partial charge in [-0.05, 0) is 6.08 Å². The van der Waals surface area contributed by atoms with E-state index in [0.29, 0.717) is 6.54 Å². The number of amides is 1. The molecular weight excluding hydrogens is 142 g/mol. The van der Waals surface area contributed by atoms with Gasteiger partial charge in [0.25, 0.3) is 0 Å². The molecule has 11 heavy (non-hydrogen) atoms. The van der Waals surface area contributed by atoms with Gasteiger partial charge >= 0.3 is 0 Å². The van der Waals surface area contributed by atoms with E-state index in [1.165, 1.54) is 0 Å². The molecule has 0 radical (unpaired) electrons. The summed E-state index contributed by atoms with van der Waals surface area (Å²) in [5, 5.41) is 2.60. The molecule has 1 aromatic rings. The van der Waals surface area contributed by atoms with Crippen LogP contribution in [0.5, 0.6) is 0 Å². The second-order valence-electron chi connectivity index (χ2n) is 2.31. The number of rotatable bonds is 0. The summed E-state index contributed by atoms with van der Waals surface area (Å²) in [5.74, 6) is 0.793. The molecule has 0 spiro atoms. The highest BCUT2D eigenvalue weighted by molar-refractivity contribution is 5.78. The third-order valence-electron chi connectivity index (χ3n) is 1.54. The molecule has 0 aliphatic carbocycles. The van der Waals surface area contributed by atoms with Gasteiger partial charge in [0.15, 0.2) is 0 Å². The fraction of sp³-hybridized carbons (Fsp3) is 0.143. The maximum absolute atomic E-state index is 10.9. The third-order valence-corrected chi connectivity index (χ3v) is 1.54. The highest BCUT2D eigenvalue weighted by Crippen LogP contribution is 2.01. The summed E-state index contributed by atoms with van der Waals surface area (Å²) in [6.45, 7) is 0.350. The number of aromatic nitrogens is 2. The fourth-order valence-electron chi connectivity index (χ4n) is 1.02. The Morgan fingerprint density at radius 1 is 1.64 bits per heavy atom. The first kappa shape index (κ1) is 6.15. The van der Waals surface area contributed by atoms with Crippen molar-refractivity contribution in [2.75, 3.05) is 0 Å². The van der Waals surface area contributed by atoms with Crippen molar-refractivity contribution in [3.8, 4) is 0 Å². The van der Waals surface area contributed by atoms with E-state index in [1.807, 2.05) is 0 Å². The summed E-state index contributed by atoms with van der Waals surface area (Å²) in [6, 6.07) is 0. The lowest BCUT2D eigenvalue weighted by molar-refractivity contribution is -0.120. The molecule has 0 aromatic carbocycles. The normalized spacial score (nSPS) is 15.5. The number of nitrogens with one attached hydrogen (secondary N) is 1. The lowest BCUT2D eigenvalue weighted by Crippen LogP contribution is -2.20. The lowest BCUT2D eigenvalue weighted by atomic mass is 10.5. The minimum absolute atomic E-state index is 0.0157. The van der Waals surface area contributed by atoms with Crippen molar-refractivity contribution in [1.82, 2.24) is 14.9 Å². The Morgan fingerprint density at radius 3 is 3.45 bits per heavy atom. The maximum atomic E-state index is 10.9. The molecule has 0 atom stereocenters. The van der Waals surface area contributed by atoms with Crippen molar-refractivity contribution >= 4 is 12.0 Å². The van der Waals surface area contributed by atoms with Gasteiger partial charge in [0.1, 0.15) is 12.4 Å². The number of imidazole rings is 1. The first-order valence-electron chi connectivity index (χ1n) is 3.33. The average Bonchev–Trinajstić information content (AvgIpc) is 2.31. The molecule has 0 saturated carbocycles. The summed E-state index contributed by atoms with van der Waals surface area (Å²) in [4.78, 5) is 15.0. The van der Waals surface area contributed by atoms with Crippen LogP contribution in [0.4, 0.5) is 0 Å². The Hall–Kier alpha value is -1.58. The highest BCUT2D eigenvalue weighted by atomic mass is 16.1. The molecule has 1 aliphatic rings. The molecule has 0 saturated heterocycles. The van der Waals surface area contributed by atoms with Gasteiger partial charge in [-0.3, -0.25) is 4.79 Å². The second-order valence-corrected chi connectivity index (χ2v) is 2.31. The zero-order chi connectivity index (χ0) is 7.68. The van der Waals surface area contributed by atoms with E-state index in [-0.39, 0.29) is 5.91 Å². The van der Waals surface area contributed by atoms with Crippen molar-refractivity contribution in [2.45, 2.75) is 6.54 Å². The Kier molecular flexibility index (Phi) is 1.25. The van der Waals surface area contributed by atoms with E-state index in [4.69, 9.17) is 0 Å². The van der Waals surface area contributed by atoms with Crippen LogP contribution < -0.4 is 5.32 Å².